The Labute approximate surface area is 161 Å². The molecule has 3 rings (SSSR count). The van der Waals surface area contributed by atoms with Gasteiger partial charge in [0.05, 0.1) is 7.11 Å². The lowest BCUT2D eigenvalue weighted by molar-refractivity contribution is -0.116. The Balaban J connectivity index is 1.47. The number of carbonyl (C=O) groups excluding carboxylic acids is 1. The number of anilines is 1. The van der Waals surface area contributed by atoms with E-state index in [9.17, 15) is 4.79 Å². The second kappa shape index (κ2) is 9.24. The van der Waals surface area contributed by atoms with Gasteiger partial charge >= 0.3 is 0 Å². The predicted molar refractivity (Wildman–Crippen MR) is 110 cm³/mol. The zero-order valence-electron chi connectivity index (χ0n) is 16.0. The van der Waals surface area contributed by atoms with Gasteiger partial charge in [0.25, 0.3) is 0 Å². The minimum Gasteiger partial charge on any atom is -0.497 e. The van der Waals surface area contributed by atoms with Crippen LogP contribution in [0.3, 0.4) is 0 Å². The summed E-state index contributed by atoms with van der Waals surface area (Å²) < 4.78 is 5.13. The van der Waals surface area contributed by atoms with Crippen molar-refractivity contribution in [2.24, 2.45) is 0 Å². The molecule has 0 aromatic heterocycles. The summed E-state index contributed by atoms with van der Waals surface area (Å²) in [4.78, 5) is 16.8. The number of benzene rings is 2. The Hall–Kier alpha value is -2.79. The molecule has 1 amide bonds. The molecule has 1 aliphatic rings. The van der Waals surface area contributed by atoms with Crippen molar-refractivity contribution in [2.75, 3.05) is 45.2 Å². The molecular formula is C22H27N3O2. The van der Waals surface area contributed by atoms with Crippen LogP contribution in [0, 0.1) is 0 Å². The van der Waals surface area contributed by atoms with Gasteiger partial charge in [-0.25, -0.2) is 0 Å². The average molecular weight is 365 g/mol. The van der Waals surface area contributed by atoms with Crippen LogP contribution >= 0.6 is 0 Å². The van der Waals surface area contributed by atoms with E-state index in [1.54, 1.807) is 19.3 Å². The molecule has 2 aromatic rings. The summed E-state index contributed by atoms with van der Waals surface area (Å²) in [6.07, 6.45) is 3.35. The molecule has 0 unspecified atom stereocenters. The molecule has 1 saturated heterocycles. The third-order valence-corrected chi connectivity index (χ3v) is 4.81. The maximum atomic E-state index is 12.0. The lowest BCUT2D eigenvalue weighted by atomic mass is 10.1. The second-order valence-corrected chi connectivity index (χ2v) is 6.78. The lowest BCUT2D eigenvalue weighted by Crippen LogP contribution is -2.44. The molecule has 1 N–H and O–H groups in total. The van der Waals surface area contributed by atoms with E-state index in [2.05, 4.69) is 46.4 Å². The minimum atomic E-state index is -0.103. The Bertz CT molecular complexity index is 761. The van der Waals surface area contributed by atoms with Gasteiger partial charge in [0, 0.05) is 44.5 Å². The van der Waals surface area contributed by atoms with Crippen LogP contribution in [0.4, 0.5) is 5.69 Å². The Morgan fingerprint density at radius 2 is 1.70 bits per heavy atom. The van der Waals surface area contributed by atoms with Crippen LogP contribution < -0.4 is 15.0 Å². The molecule has 0 spiro atoms. The molecule has 0 bridgehead atoms. The van der Waals surface area contributed by atoms with Crippen LogP contribution in [0.2, 0.25) is 0 Å². The summed E-state index contributed by atoms with van der Waals surface area (Å²) in [6.45, 7) is 4.83. The van der Waals surface area contributed by atoms with Crippen molar-refractivity contribution in [1.82, 2.24) is 10.2 Å². The van der Waals surface area contributed by atoms with Crippen molar-refractivity contribution in [3.05, 3.63) is 65.7 Å². The van der Waals surface area contributed by atoms with E-state index in [1.807, 2.05) is 24.3 Å². The molecule has 5 nitrogen and oxygen atoms in total. The number of hydrogen-bond donors (Lipinski definition) is 1. The highest BCUT2D eigenvalue weighted by Gasteiger charge is 2.13. The number of ether oxygens (including phenoxy) is 1. The molecule has 1 fully saturated rings. The van der Waals surface area contributed by atoms with Gasteiger partial charge in [-0.1, -0.05) is 24.3 Å². The highest BCUT2D eigenvalue weighted by molar-refractivity contribution is 5.91. The molecule has 0 atom stereocenters. The maximum absolute atomic E-state index is 12.0. The van der Waals surface area contributed by atoms with E-state index >= 15 is 0 Å². The normalized spacial score (nSPS) is 15.1. The molecule has 5 heteroatoms. The highest BCUT2D eigenvalue weighted by Crippen LogP contribution is 2.17. The van der Waals surface area contributed by atoms with E-state index in [-0.39, 0.29) is 5.91 Å². The van der Waals surface area contributed by atoms with Crippen LogP contribution in [0.15, 0.2) is 54.6 Å². The SMILES string of the molecule is COc1ccc(/C=C/C(=O)NCc2ccc(N3CCN(C)CC3)cc2)cc1. The van der Waals surface area contributed by atoms with Crippen LogP contribution in [-0.4, -0.2) is 51.1 Å². The average Bonchev–Trinajstić information content (AvgIpc) is 2.72. The lowest BCUT2D eigenvalue weighted by Gasteiger charge is -2.34. The number of rotatable bonds is 6. The van der Waals surface area contributed by atoms with Crippen molar-refractivity contribution in [3.63, 3.8) is 0 Å². The fourth-order valence-corrected chi connectivity index (χ4v) is 3.02. The maximum Gasteiger partial charge on any atom is 0.244 e. The smallest absolute Gasteiger partial charge is 0.244 e. The number of amides is 1. The summed E-state index contributed by atoms with van der Waals surface area (Å²) >= 11 is 0. The Kier molecular flexibility index (Phi) is 6.49. The quantitative estimate of drug-likeness (QED) is 0.800. The molecule has 2 aromatic carbocycles. The molecular weight excluding hydrogens is 338 g/mol. The molecule has 1 aliphatic heterocycles. The zero-order valence-corrected chi connectivity index (χ0v) is 16.0. The van der Waals surface area contributed by atoms with Crippen molar-refractivity contribution in [1.29, 1.82) is 0 Å². The number of methoxy groups -OCH3 is 1. The van der Waals surface area contributed by atoms with Gasteiger partial charge in [-0.3, -0.25) is 4.79 Å². The number of piperazine rings is 1. The number of nitrogens with one attached hydrogen (secondary N) is 1. The number of hydrogen-bond acceptors (Lipinski definition) is 4. The fourth-order valence-electron chi connectivity index (χ4n) is 3.02. The monoisotopic (exact) mass is 365 g/mol. The predicted octanol–water partition coefficient (Wildman–Crippen LogP) is 2.78. The Morgan fingerprint density at radius 3 is 2.33 bits per heavy atom. The largest absolute Gasteiger partial charge is 0.497 e. The van der Waals surface area contributed by atoms with E-state index < -0.39 is 0 Å². The summed E-state index contributed by atoms with van der Waals surface area (Å²) in [6, 6.07) is 16.0. The molecule has 142 valence electrons. The van der Waals surface area contributed by atoms with Gasteiger partial charge in [-0.15, -0.1) is 0 Å². The summed E-state index contributed by atoms with van der Waals surface area (Å²) in [5.74, 6) is 0.700. The van der Waals surface area contributed by atoms with E-state index in [0.717, 1.165) is 43.1 Å². The molecule has 27 heavy (non-hydrogen) atoms. The van der Waals surface area contributed by atoms with E-state index in [4.69, 9.17) is 4.74 Å². The van der Waals surface area contributed by atoms with Crippen molar-refractivity contribution < 1.29 is 9.53 Å². The van der Waals surface area contributed by atoms with Crippen LogP contribution in [0.1, 0.15) is 11.1 Å². The van der Waals surface area contributed by atoms with Crippen molar-refractivity contribution in [2.45, 2.75) is 6.54 Å². The molecule has 0 saturated carbocycles. The van der Waals surface area contributed by atoms with Gasteiger partial charge in [-0.05, 0) is 48.5 Å². The molecule has 0 aliphatic carbocycles. The summed E-state index contributed by atoms with van der Waals surface area (Å²) in [5.41, 5.74) is 3.30. The number of likely N-dealkylation sites (N-methyl/N-ethyl adjacent to an activating group) is 1. The molecule has 1 heterocycles. The number of nitrogens with zero attached hydrogens (tertiary/aromatic N) is 2. The third-order valence-electron chi connectivity index (χ3n) is 4.81. The topological polar surface area (TPSA) is 44.8 Å². The third kappa shape index (κ3) is 5.59. The van der Waals surface area contributed by atoms with E-state index in [1.165, 1.54) is 5.69 Å². The Morgan fingerprint density at radius 1 is 1.04 bits per heavy atom. The summed E-state index contributed by atoms with van der Waals surface area (Å²) in [5, 5.41) is 2.93. The van der Waals surface area contributed by atoms with Crippen LogP contribution in [0.25, 0.3) is 6.08 Å². The van der Waals surface area contributed by atoms with Crippen molar-refractivity contribution >= 4 is 17.7 Å². The standard InChI is InChI=1S/C22H27N3O2/c1-24-13-15-25(16-14-24)20-8-3-19(4-9-20)17-23-22(26)12-7-18-5-10-21(27-2)11-6-18/h3-12H,13-17H2,1-2H3,(H,23,26)/b12-7+. The van der Waals surface area contributed by atoms with Gasteiger partial charge in [-0.2, -0.15) is 0 Å². The van der Waals surface area contributed by atoms with Gasteiger partial charge in [0.15, 0.2) is 0 Å². The zero-order chi connectivity index (χ0) is 19.1. The summed E-state index contributed by atoms with van der Waals surface area (Å²) in [7, 11) is 3.79. The first kappa shape index (κ1) is 19.0. The second-order valence-electron chi connectivity index (χ2n) is 6.78. The first-order valence-corrected chi connectivity index (χ1v) is 9.26. The van der Waals surface area contributed by atoms with Gasteiger partial charge < -0.3 is 19.9 Å². The van der Waals surface area contributed by atoms with Crippen LogP contribution in [-0.2, 0) is 11.3 Å². The highest BCUT2D eigenvalue weighted by atomic mass is 16.5. The minimum absolute atomic E-state index is 0.103. The van der Waals surface area contributed by atoms with Crippen molar-refractivity contribution in [3.8, 4) is 5.75 Å². The van der Waals surface area contributed by atoms with Gasteiger partial charge in [0.2, 0.25) is 5.91 Å². The number of carbonyl (C=O) groups is 1. The first-order valence-electron chi connectivity index (χ1n) is 9.26. The van der Waals surface area contributed by atoms with Crippen LogP contribution in [0.5, 0.6) is 5.75 Å². The van der Waals surface area contributed by atoms with E-state index in [0.29, 0.717) is 6.54 Å². The molecule has 0 radical (unpaired) electrons. The fraction of sp³-hybridized carbons (Fsp3) is 0.318. The van der Waals surface area contributed by atoms with Gasteiger partial charge in [0.1, 0.15) is 5.75 Å². The first-order chi connectivity index (χ1) is 13.1.